The fourth-order valence-corrected chi connectivity index (χ4v) is 4.95. The van der Waals surface area contributed by atoms with E-state index in [0.29, 0.717) is 38.7 Å². The van der Waals surface area contributed by atoms with Gasteiger partial charge in [-0.2, -0.15) is 0 Å². The van der Waals surface area contributed by atoms with Crippen LogP contribution >= 0.6 is 23.4 Å². The van der Waals surface area contributed by atoms with Crippen molar-refractivity contribution in [1.82, 2.24) is 19.7 Å². The van der Waals surface area contributed by atoms with E-state index in [1.54, 1.807) is 41.8 Å². The van der Waals surface area contributed by atoms with Gasteiger partial charge in [0.1, 0.15) is 12.4 Å². The number of aromatic nitrogens is 4. The quantitative estimate of drug-likeness (QED) is 0.150. The van der Waals surface area contributed by atoms with Crippen molar-refractivity contribution < 1.29 is 28.6 Å². The zero-order valence-corrected chi connectivity index (χ0v) is 24.1. The summed E-state index contributed by atoms with van der Waals surface area (Å²) < 4.78 is 17.2. The highest BCUT2D eigenvalue weighted by Gasteiger charge is 2.21. The predicted molar refractivity (Wildman–Crippen MR) is 150 cm³/mol. The number of nitrogens with zero attached hydrogens (tertiary/aromatic N) is 3. The summed E-state index contributed by atoms with van der Waals surface area (Å²) in [6.45, 7) is 5.71. The zero-order valence-electron chi connectivity index (χ0n) is 22.5. The van der Waals surface area contributed by atoms with Gasteiger partial charge in [0.05, 0.1) is 31.1 Å². The van der Waals surface area contributed by atoms with Crippen LogP contribution < -0.4 is 4.74 Å². The number of hydrogen-bond acceptors (Lipinski definition) is 9. The van der Waals surface area contributed by atoms with Crippen LogP contribution in [0.15, 0.2) is 47.6 Å². The van der Waals surface area contributed by atoms with Gasteiger partial charge in [0.15, 0.2) is 11.6 Å². The van der Waals surface area contributed by atoms with Crippen molar-refractivity contribution in [2.45, 2.75) is 32.5 Å². The van der Waals surface area contributed by atoms with Crippen molar-refractivity contribution in [3.05, 3.63) is 87.0 Å². The van der Waals surface area contributed by atoms with Gasteiger partial charge in [-0.05, 0) is 68.8 Å². The first-order chi connectivity index (χ1) is 19.1. The van der Waals surface area contributed by atoms with Gasteiger partial charge in [-0.1, -0.05) is 23.4 Å². The largest absolute Gasteiger partial charge is 0.486 e. The molecule has 1 N–H and O–H groups in total. The molecule has 2 heterocycles. The summed E-state index contributed by atoms with van der Waals surface area (Å²) in [5, 5.41) is 8.08. The molecule has 40 heavy (non-hydrogen) atoms. The summed E-state index contributed by atoms with van der Waals surface area (Å²) in [6.07, 6.45) is 0. The number of nitrogens with one attached hydrogen (secondary N) is 1. The van der Waals surface area contributed by atoms with Crippen LogP contribution in [0.4, 0.5) is 0 Å². The summed E-state index contributed by atoms with van der Waals surface area (Å²) in [4.78, 5) is 42.0. The maximum atomic E-state index is 13.2. The number of methoxy groups -OCH3 is 2. The number of ether oxygens (including phenoxy) is 3. The number of hydrogen-bond donors (Lipinski definition) is 1. The third kappa shape index (κ3) is 6.37. The molecule has 208 valence electrons. The molecule has 12 heteroatoms. The lowest BCUT2D eigenvalue weighted by Crippen LogP contribution is -2.10. The monoisotopic (exact) mass is 582 g/mol. The Balaban J connectivity index is 1.47. The SMILES string of the molecule is COC(=O)c1cc(C(=O)OC)cc(-n2c(C)cc(C(=O)CSc3n[nH]c(COc4ccc(Cl)c(C)c4)n3)c2C)c1. The average Bonchev–Trinajstić information content (AvgIpc) is 3.54. The molecule has 0 spiro atoms. The van der Waals surface area contributed by atoms with Crippen LogP contribution in [0.2, 0.25) is 5.02 Å². The number of aromatic amines is 1. The van der Waals surface area contributed by atoms with E-state index < -0.39 is 11.9 Å². The molecule has 0 aliphatic carbocycles. The molecular weight excluding hydrogens is 556 g/mol. The van der Waals surface area contributed by atoms with Crippen LogP contribution in [0.25, 0.3) is 5.69 Å². The van der Waals surface area contributed by atoms with Gasteiger partial charge in [-0.25, -0.2) is 14.6 Å². The number of rotatable bonds is 10. The van der Waals surface area contributed by atoms with Crippen molar-refractivity contribution in [2.75, 3.05) is 20.0 Å². The highest BCUT2D eigenvalue weighted by molar-refractivity contribution is 7.99. The van der Waals surface area contributed by atoms with E-state index in [-0.39, 0.29) is 29.3 Å². The molecule has 4 aromatic rings. The number of Topliss-reactive ketones (excluding diaryl/α,β-unsaturated/α-hetero) is 1. The topological polar surface area (TPSA) is 125 Å². The van der Waals surface area contributed by atoms with Gasteiger partial charge < -0.3 is 18.8 Å². The molecule has 0 aliphatic rings. The fraction of sp³-hybridized carbons (Fsp3) is 0.250. The number of thioether (sulfide) groups is 1. The van der Waals surface area contributed by atoms with Gasteiger partial charge in [0.2, 0.25) is 5.16 Å². The second-order valence-corrected chi connectivity index (χ2v) is 10.2. The minimum absolute atomic E-state index is 0.106. The second-order valence-electron chi connectivity index (χ2n) is 8.85. The first-order valence-electron chi connectivity index (χ1n) is 12.1. The molecule has 0 saturated heterocycles. The summed E-state index contributed by atoms with van der Waals surface area (Å²) in [6, 6.07) is 11.8. The van der Waals surface area contributed by atoms with Crippen LogP contribution in [0.3, 0.4) is 0 Å². The summed E-state index contributed by atoms with van der Waals surface area (Å²) in [7, 11) is 2.52. The summed E-state index contributed by atoms with van der Waals surface area (Å²) in [5.41, 5.74) is 3.72. The van der Waals surface area contributed by atoms with Crippen LogP contribution in [0.1, 0.15) is 53.8 Å². The number of esters is 2. The van der Waals surface area contributed by atoms with Crippen LogP contribution in [-0.4, -0.2) is 57.4 Å². The van der Waals surface area contributed by atoms with Gasteiger partial charge >= 0.3 is 11.9 Å². The summed E-state index contributed by atoms with van der Waals surface area (Å²) in [5.74, 6) is -0.0279. The van der Waals surface area contributed by atoms with Gasteiger partial charge in [0.25, 0.3) is 0 Å². The van der Waals surface area contributed by atoms with E-state index in [4.69, 9.17) is 25.8 Å². The standard InChI is InChI=1S/C28H27ClN4O6S/c1-15-8-21(6-7-23(15)29)39-13-25-30-28(32-31-25)40-14-24(34)22-9-16(2)33(17(22)3)20-11-18(26(35)37-4)10-19(12-20)27(36)38-5/h6-12H,13-14H2,1-5H3,(H,30,31,32). The van der Waals surface area contributed by atoms with Crippen molar-refractivity contribution >= 4 is 41.1 Å². The Morgan fingerprint density at radius 3 is 2.27 bits per heavy atom. The Bertz CT molecular complexity index is 1560. The van der Waals surface area contributed by atoms with Gasteiger partial charge in [-0.3, -0.25) is 9.89 Å². The van der Waals surface area contributed by atoms with Crippen LogP contribution in [0.5, 0.6) is 5.75 Å². The van der Waals surface area contributed by atoms with Crippen molar-refractivity contribution in [3.8, 4) is 11.4 Å². The van der Waals surface area contributed by atoms with Crippen molar-refractivity contribution in [2.24, 2.45) is 0 Å². The third-order valence-corrected chi connectivity index (χ3v) is 7.37. The molecule has 2 aromatic heterocycles. The van der Waals surface area contributed by atoms with Gasteiger partial charge in [-0.15, -0.1) is 5.10 Å². The highest BCUT2D eigenvalue weighted by atomic mass is 35.5. The first-order valence-corrected chi connectivity index (χ1v) is 13.4. The molecule has 0 unspecified atom stereocenters. The lowest BCUT2D eigenvalue weighted by Gasteiger charge is -2.13. The lowest BCUT2D eigenvalue weighted by molar-refractivity contribution is 0.0598. The first kappa shape index (κ1) is 28.9. The number of carbonyl (C=O) groups is 3. The smallest absolute Gasteiger partial charge is 0.337 e. The Labute approximate surface area is 240 Å². The molecule has 0 bridgehead atoms. The van der Waals surface area contributed by atoms with Crippen LogP contribution in [0, 0.1) is 20.8 Å². The average molecular weight is 583 g/mol. The molecule has 2 aromatic carbocycles. The Morgan fingerprint density at radius 1 is 0.975 bits per heavy atom. The number of ketones is 1. The zero-order chi connectivity index (χ0) is 29.0. The third-order valence-electron chi connectivity index (χ3n) is 6.10. The molecule has 0 atom stereocenters. The highest BCUT2D eigenvalue weighted by Crippen LogP contribution is 2.26. The molecule has 0 saturated carbocycles. The molecule has 0 fully saturated rings. The molecule has 10 nitrogen and oxygen atoms in total. The lowest BCUT2D eigenvalue weighted by atomic mass is 10.1. The second kappa shape index (κ2) is 12.4. The van der Waals surface area contributed by atoms with Gasteiger partial charge in [0, 0.05) is 27.7 Å². The maximum absolute atomic E-state index is 13.2. The summed E-state index contributed by atoms with van der Waals surface area (Å²) >= 11 is 7.25. The van der Waals surface area contributed by atoms with E-state index in [2.05, 4.69) is 15.2 Å². The van der Waals surface area contributed by atoms with Crippen molar-refractivity contribution in [3.63, 3.8) is 0 Å². The normalized spacial score (nSPS) is 10.8. The Kier molecular flexibility index (Phi) is 8.96. The molecule has 0 aliphatic heterocycles. The van der Waals surface area contributed by atoms with E-state index in [1.807, 2.05) is 19.9 Å². The van der Waals surface area contributed by atoms with Crippen molar-refractivity contribution in [1.29, 1.82) is 0 Å². The predicted octanol–water partition coefficient (Wildman–Crippen LogP) is 5.30. The van der Waals surface area contributed by atoms with Crippen LogP contribution in [-0.2, 0) is 16.1 Å². The van der Waals surface area contributed by atoms with E-state index >= 15 is 0 Å². The number of H-pyrrole nitrogens is 1. The van der Waals surface area contributed by atoms with E-state index in [0.717, 1.165) is 11.3 Å². The Hall–Kier alpha value is -4.09. The Morgan fingerprint density at radius 2 is 1.65 bits per heavy atom. The molecule has 0 amide bonds. The number of aryl methyl sites for hydroxylation is 2. The maximum Gasteiger partial charge on any atom is 0.337 e. The van der Waals surface area contributed by atoms with E-state index in [9.17, 15) is 14.4 Å². The molecular formula is C28H27ClN4O6S. The molecule has 4 rings (SSSR count). The fourth-order valence-electron chi connectivity index (χ4n) is 4.13. The molecule has 0 radical (unpaired) electrons. The number of carbonyl (C=O) groups excluding carboxylic acids is 3. The number of halogens is 1. The number of benzene rings is 2. The van der Waals surface area contributed by atoms with E-state index in [1.165, 1.54) is 32.0 Å². The minimum atomic E-state index is -0.596. The minimum Gasteiger partial charge on any atom is -0.486 e.